The lowest BCUT2D eigenvalue weighted by molar-refractivity contribution is 0.102. The molecule has 4 heterocycles. The first kappa shape index (κ1) is 26.5. The van der Waals surface area contributed by atoms with Crippen molar-refractivity contribution in [3.05, 3.63) is 81.5 Å². The highest BCUT2D eigenvalue weighted by Gasteiger charge is 2.16. The first-order chi connectivity index (χ1) is 18.8. The van der Waals surface area contributed by atoms with Gasteiger partial charge in [-0.3, -0.25) is 14.7 Å². The molecule has 0 unspecified atom stereocenters. The lowest BCUT2D eigenvalue weighted by Gasteiger charge is -2.32. The van der Waals surface area contributed by atoms with Crippen LogP contribution in [0.5, 0.6) is 0 Å². The number of nitrogens with zero attached hydrogens (tertiary/aromatic N) is 6. The first-order valence-electron chi connectivity index (χ1n) is 12.6. The lowest BCUT2D eigenvalue weighted by Crippen LogP contribution is -2.43. The highest BCUT2D eigenvalue weighted by Crippen LogP contribution is 2.24. The summed E-state index contributed by atoms with van der Waals surface area (Å²) in [4.78, 5) is 35.2. The lowest BCUT2D eigenvalue weighted by atomic mass is 10.1. The zero-order valence-electron chi connectivity index (χ0n) is 22.1. The Hall–Kier alpha value is -4.10. The SMILES string of the molecule is Cc1nc2c(C#Cc3cncc(C(=O)Nc4ccc(CN5CCN(C)CC5)c(Cl)c4)c3)cnc(N)c2nc1C. The van der Waals surface area contributed by atoms with Gasteiger partial charge in [0.05, 0.1) is 22.5 Å². The zero-order valence-corrected chi connectivity index (χ0v) is 22.9. The standard InChI is InChI=1S/C29H29ClN8O/c1-18-19(2)35-27-26(34-18)21(16-33-28(27)31)5-4-20-12-23(15-32-14-20)29(39)36-24-7-6-22(25(30)13-24)17-38-10-8-37(3)9-11-38/h6-7,12-16H,8-11,17H2,1-3H3,(H2,31,33)(H,36,39). The Labute approximate surface area is 232 Å². The molecule has 9 nitrogen and oxygen atoms in total. The summed E-state index contributed by atoms with van der Waals surface area (Å²) in [5.41, 5.74) is 11.9. The molecule has 1 aliphatic heterocycles. The number of hydrogen-bond acceptors (Lipinski definition) is 8. The molecule has 0 atom stereocenters. The number of nitrogens with one attached hydrogen (secondary N) is 1. The molecule has 198 valence electrons. The van der Waals surface area contributed by atoms with Crippen LogP contribution in [0.1, 0.15) is 38.4 Å². The highest BCUT2D eigenvalue weighted by molar-refractivity contribution is 6.31. The monoisotopic (exact) mass is 540 g/mol. The van der Waals surface area contributed by atoms with Crippen LogP contribution in [0.15, 0.2) is 42.9 Å². The predicted octanol–water partition coefficient (Wildman–Crippen LogP) is 3.67. The molecular formula is C29H29ClN8O. The quantitative estimate of drug-likeness (QED) is 0.377. The largest absolute Gasteiger partial charge is 0.382 e. The maximum absolute atomic E-state index is 13.0. The Morgan fingerprint density at radius 1 is 1.03 bits per heavy atom. The molecule has 0 saturated carbocycles. The normalized spacial score (nSPS) is 14.2. The summed E-state index contributed by atoms with van der Waals surface area (Å²) in [5, 5.41) is 3.53. The number of carbonyl (C=O) groups excluding carboxylic acids is 1. The zero-order chi connectivity index (χ0) is 27.5. The van der Waals surface area contributed by atoms with Gasteiger partial charge in [0.1, 0.15) is 11.0 Å². The van der Waals surface area contributed by atoms with Gasteiger partial charge >= 0.3 is 0 Å². The molecule has 1 aliphatic rings. The van der Waals surface area contributed by atoms with Crippen LogP contribution in [0.4, 0.5) is 11.5 Å². The van der Waals surface area contributed by atoms with E-state index in [1.54, 1.807) is 24.5 Å². The molecule has 0 bridgehead atoms. The molecule has 1 fully saturated rings. The fourth-order valence-corrected chi connectivity index (χ4v) is 4.53. The Morgan fingerprint density at radius 3 is 2.51 bits per heavy atom. The van der Waals surface area contributed by atoms with Gasteiger partial charge in [-0.05, 0) is 44.7 Å². The number of nitrogen functional groups attached to an aromatic ring is 1. The van der Waals surface area contributed by atoms with Gasteiger partial charge in [-0.15, -0.1) is 0 Å². The van der Waals surface area contributed by atoms with Crippen LogP contribution in [-0.4, -0.2) is 68.9 Å². The van der Waals surface area contributed by atoms with Crippen molar-refractivity contribution < 1.29 is 4.79 Å². The van der Waals surface area contributed by atoms with Crippen LogP contribution >= 0.6 is 11.6 Å². The number of aryl methyl sites for hydroxylation is 2. The van der Waals surface area contributed by atoms with Gasteiger partial charge in [0.25, 0.3) is 5.91 Å². The van der Waals surface area contributed by atoms with Crippen molar-refractivity contribution in [3.8, 4) is 11.8 Å². The van der Waals surface area contributed by atoms with Crippen LogP contribution in [0, 0.1) is 25.7 Å². The van der Waals surface area contributed by atoms with Gasteiger partial charge < -0.3 is 16.0 Å². The van der Waals surface area contributed by atoms with Crippen molar-refractivity contribution in [2.24, 2.45) is 0 Å². The van der Waals surface area contributed by atoms with E-state index in [1.807, 2.05) is 26.0 Å². The predicted molar refractivity (Wildman–Crippen MR) is 154 cm³/mol. The molecule has 1 saturated heterocycles. The summed E-state index contributed by atoms with van der Waals surface area (Å²) in [6, 6.07) is 7.31. The molecule has 3 N–H and O–H groups in total. The van der Waals surface area contributed by atoms with Crippen molar-refractivity contribution >= 4 is 40.0 Å². The number of carbonyl (C=O) groups is 1. The van der Waals surface area contributed by atoms with Gasteiger partial charge in [-0.1, -0.05) is 29.5 Å². The molecule has 0 aliphatic carbocycles. The first-order valence-corrected chi connectivity index (χ1v) is 13.0. The van der Waals surface area contributed by atoms with E-state index >= 15 is 0 Å². The van der Waals surface area contributed by atoms with Gasteiger partial charge in [0.15, 0.2) is 5.82 Å². The van der Waals surface area contributed by atoms with E-state index < -0.39 is 0 Å². The minimum atomic E-state index is -0.300. The van der Waals surface area contributed by atoms with Crippen LogP contribution < -0.4 is 11.1 Å². The van der Waals surface area contributed by atoms with Crippen molar-refractivity contribution in [2.75, 3.05) is 44.3 Å². The number of anilines is 2. The second-order valence-corrected chi connectivity index (χ2v) is 10.1. The molecular weight excluding hydrogens is 512 g/mol. The maximum Gasteiger partial charge on any atom is 0.257 e. The Balaban J connectivity index is 1.30. The van der Waals surface area contributed by atoms with Gasteiger partial charge in [-0.2, -0.15) is 0 Å². The summed E-state index contributed by atoms with van der Waals surface area (Å²) in [5.74, 6) is 6.14. The van der Waals surface area contributed by atoms with Crippen LogP contribution in [-0.2, 0) is 6.54 Å². The second-order valence-electron chi connectivity index (χ2n) is 9.70. The van der Waals surface area contributed by atoms with E-state index in [4.69, 9.17) is 17.3 Å². The molecule has 1 amide bonds. The molecule has 4 aromatic rings. The molecule has 5 rings (SSSR count). The van der Waals surface area contributed by atoms with E-state index in [9.17, 15) is 4.79 Å². The number of piperazine rings is 1. The summed E-state index contributed by atoms with van der Waals surface area (Å²) >= 11 is 6.56. The number of hydrogen-bond donors (Lipinski definition) is 2. The Bertz CT molecular complexity index is 1620. The summed E-state index contributed by atoms with van der Waals surface area (Å²) in [6.45, 7) is 8.66. The number of nitrogens with two attached hydrogens (primary N) is 1. The van der Waals surface area contributed by atoms with Gasteiger partial charge in [0.2, 0.25) is 0 Å². The number of amides is 1. The van der Waals surface area contributed by atoms with Gasteiger partial charge in [-0.25, -0.2) is 15.0 Å². The smallest absolute Gasteiger partial charge is 0.257 e. The number of rotatable bonds is 4. The van der Waals surface area contributed by atoms with Crippen molar-refractivity contribution in [3.63, 3.8) is 0 Å². The molecule has 0 spiro atoms. The van der Waals surface area contributed by atoms with E-state index in [2.05, 4.69) is 53.9 Å². The number of fused-ring (bicyclic) bond motifs is 1. The molecule has 3 aromatic heterocycles. The maximum atomic E-state index is 13.0. The molecule has 10 heteroatoms. The van der Waals surface area contributed by atoms with Crippen molar-refractivity contribution in [2.45, 2.75) is 20.4 Å². The summed E-state index contributed by atoms with van der Waals surface area (Å²) < 4.78 is 0. The number of halogens is 1. The summed E-state index contributed by atoms with van der Waals surface area (Å²) in [6.07, 6.45) is 4.68. The van der Waals surface area contributed by atoms with Crippen molar-refractivity contribution in [1.29, 1.82) is 0 Å². The minimum Gasteiger partial charge on any atom is -0.382 e. The van der Waals surface area contributed by atoms with Crippen molar-refractivity contribution in [1.82, 2.24) is 29.7 Å². The Kier molecular flexibility index (Phi) is 7.70. The van der Waals surface area contributed by atoms with E-state index in [-0.39, 0.29) is 5.91 Å². The number of likely N-dealkylation sites (N-methyl/N-ethyl adjacent to an activating group) is 1. The highest BCUT2D eigenvalue weighted by atomic mass is 35.5. The van der Waals surface area contributed by atoms with E-state index in [0.29, 0.717) is 44.3 Å². The Morgan fingerprint density at radius 2 is 1.77 bits per heavy atom. The second kappa shape index (κ2) is 11.3. The fourth-order valence-electron chi connectivity index (χ4n) is 4.29. The minimum absolute atomic E-state index is 0.300. The van der Waals surface area contributed by atoms with Crippen LogP contribution in [0.2, 0.25) is 5.02 Å². The third-order valence-electron chi connectivity index (χ3n) is 6.78. The number of pyridine rings is 2. The molecule has 1 aromatic carbocycles. The summed E-state index contributed by atoms with van der Waals surface area (Å²) in [7, 11) is 2.13. The number of aromatic nitrogens is 4. The van der Waals surface area contributed by atoms with Gasteiger partial charge in [0, 0.05) is 67.6 Å². The average molecular weight is 541 g/mol. The topological polar surface area (TPSA) is 113 Å². The third kappa shape index (κ3) is 6.15. The average Bonchev–Trinajstić information content (AvgIpc) is 2.92. The fraction of sp³-hybridized carbons (Fsp3) is 0.276. The van der Waals surface area contributed by atoms with E-state index in [0.717, 1.165) is 49.7 Å². The third-order valence-corrected chi connectivity index (χ3v) is 7.13. The van der Waals surface area contributed by atoms with Crippen LogP contribution in [0.25, 0.3) is 11.0 Å². The molecule has 39 heavy (non-hydrogen) atoms. The molecule has 0 radical (unpaired) electrons. The van der Waals surface area contributed by atoms with Crippen LogP contribution in [0.3, 0.4) is 0 Å². The van der Waals surface area contributed by atoms with E-state index in [1.165, 1.54) is 6.20 Å². The number of benzene rings is 1.